The summed E-state index contributed by atoms with van der Waals surface area (Å²) in [5, 5.41) is 9.46. The molecule has 0 saturated carbocycles. The number of rotatable bonds is 4. The standard InChI is InChI=1S/C15H24N2O2/c1-15(2,3)9-11(10-16)14(19)17(4)12-6-5-7-13(18)8-12/h5-8,11,18H,9-10,16H2,1-4H3. The summed E-state index contributed by atoms with van der Waals surface area (Å²) in [6, 6.07) is 6.66. The largest absolute Gasteiger partial charge is 0.508 e. The van der Waals surface area contributed by atoms with Gasteiger partial charge in [0.15, 0.2) is 0 Å². The van der Waals surface area contributed by atoms with E-state index in [9.17, 15) is 9.90 Å². The third-order valence-electron chi connectivity index (χ3n) is 3.04. The van der Waals surface area contributed by atoms with Gasteiger partial charge in [-0.05, 0) is 24.0 Å². The number of phenols is 1. The molecule has 0 heterocycles. The fourth-order valence-electron chi connectivity index (χ4n) is 2.11. The number of hydrogen-bond donors (Lipinski definition) is 2. The van der Waals surface area contributed by atoms with Gasteiger partial charge in [-0.15, -0.1) is 0 Å². The normalized spacial score (nSPS) is 13.1. The van der Waals surface area contributed by atoms with Crippen molar-refractivity contribution in [2.45, 2.75) is 27.2 Å². The van der Waals surface area contributed by atoms with Crippen LogP contribution < -0.4 is 10.6 Å². The smallest absolute Gasteiger partial charge is 0.231 e. The topological polar surface area (TPSA) is 66.6 Å². The second kappa shape index (κ2) is 6.06. The van der Waals surface area contributed by atoms with E-state index in [0.29, 0.717) is 12.2 Å². The maximum Gasteiger partial charge on any atom is 0.231 e. The fourth-order valence-corrected chi connectivity index (χ4v) is 2.11. The number of aromatic hydroxyl groups is 1. The molecule has 0 radical (unpaired) electrons. The van der Waals surface area contributed by atoms with E-state index in [1.54, 1.807) is 36.2 Å². The molecule has 3 N–H and O–H groups in total. The predicted molar refractivity (Wildman–Crippen MR) is 78.1 cm³/mol. The van der Waals surface area contributed by atoms with Gasteiger partial charge in [0.05, 0.1) is 5.92 Å². The molecular weight excluding hydrogens is 240 g/mol. The summed E-state index contributed by atoms with van der Waals surface area (Å²) < 4.78 is 0. The fraction of sp³-hybridized carbons (Fsp3) is 0.533. The second-order valence-corrected chi connectivity index (χ2v) is 6.11. The number of anilines is 1. The van der Waals surface area contributed by atoms with E-state index in [4.69, 9.17) is 5.73 Å². The first kappa shape index (κ1) is 15.5. The Bertz CT molecular complexity index is 438. The number of hydrogen-bond acceptors (Lipinski definition) is 3. The van der Waals surface area contributed by atoms with Crippen molar-refractivity contribution in [3.63, 3.8) is 0 Å². The molecule has 1 rings (SSSR count). The lowest BCUT2D eigenvalue weighted by molar-refractivity contribution is -0.122. The minimum Gasteiger partial charge on any atom is -0.508 e. The first-order valence-corrected chi connectivity index (χ1v) is 6.51. The molecule has 1 aromatic rings. The first-order valence-electron chi connectivity index (χ1n) is 6.51. The Morgan fingerprint density at radius 2 is 2.05 bits per heavy atom. The van der Waals surface area contributed by atoms with Gasteiger partial charge in [0.25, 0.3) is 0 Å². The second-order valence-electron chi connectivity index (χ2n) is 6.11. The van der Waals surface area contributed by atoms with Crippen molar-refractivity contribution >= 4 is 11.6 Å². The van der Waals surface area contributed by atoms with Gasteiger partial charge in [-0.3, -0.25) is 4.79 Å². The Balaban J connectivity index is 2.85. The van der Waals surface area contributed by atoms with Crippen molar-refractivity contribution in [1.82, 2.24) is 0 Å². The monoisotopic (exact) mass is 264 g/mol. The van der Waals surface area contributed by atoms with Gasteiger partial charge in [-0.2, -0.15) is 0 Å². The van der Waals surface area contributed by atoms with Gasteiger partial charge in [0, 0.05) is 25.3 Å². The van der Waals surface area contributed by atoms with E-state index in [1.807, 2.05) is 0 Å². The molecule has 4 heteroatoms. The van der Waals surface area contributed by atoms with Crippen LogP contribution in [0, 0.1) is 11.3 Å². The van der Waals surface area contributed by atoms with E-state index in [-0.39, 0.29) is 23.0 Å². The number of carbonyl (C=O) groups excluding carboxylic acids is 1. The van der Waals surface area contributed by atoms with Crippen LogP contribution in [0.15, 0.2) is 24.3 Å². The van der Waals surface area contributed by atoms with Gasteiger partial charge in [-0.25, -0.2) is 0 Å². The zero-order valence-electron chi connectivity index (χ0n) is 12.2. The van der Waals surface area contributed by atoms with E-state index in [1.165, 1.54) is 0 Å². The summed E-state index contributed by atoms with van der Waals surface area (Å²) in [6.07, 6.45) is 0.742. The number of phenolic OH excluding ortho intramolecular Hbond substituents is 1. The van der Waals surface area contributed by atoms with Gasteiger partial charge in [0.2, 0.25) is 5.91 Å². The average molecular weight is 264 g/mol. The lowest BCUT2D eigenvalue weighted by Gasteiger charge is -2.28. The van der Waals surface area contributed by atoms with Crippen LogP contribution in [0.4, 0.5) is 5.69 Å². The SMILES string of the molecule is CN(C(=O)C(CN)CC(C)(C)C)c1cccc(O)c1. The third-order valence-corrected chi connectivity index (χ3v) is 3.04. The van der Waals surface area contributed by atoms with Gasteiger partial charge >= 0.3 is 0 Å². The van der Waals surface area contributed by atoms with Crippen LogP contribution in [0.2, 0.25) is 0 Å². The molecule has 0 aliphatic carbocycles. The lowest BCUT2D eigenvalue weighted by atomic mass is 9.84. The van der Waals surface area contributed by atoms with E-state index < -0.39 is 0 Å². The molecule has 106 valence electrons. The van der Waals surface area contributed by atoms with Crippen molar-refractivity contribution in [3.05, 3.63) is 24.3 Å². The van der Waals surface area contributed by atoms with E-state index in [0.717, 1.165) is 6.42 Å². The number of amides is 1. The molecule has 0 spiro atoms. The van der Waals surface area contributed by atoms with E-state index in [2.05, 4.69) is 20.8 Å². The molecule has 0 saturated heterocycles. The highest BCUT2D eigenvalue weighted by atomic mass is 16.3. The molecule has 0 bridgehead atoms. The molecule has 0 aliphatic rings. The van der Waals surface area contributed by atoms with Crippen LogP contribution in [0.1, 0.15) is 27.2 Å². The maximum absolute atomic E-state index is 12.4. The molecule has 1 unspecified atom stereocenters. The Morgan fingerprint density at radius 3 is 2.53 bits per heavy atom. The molecule has 0 fully saturated rings. The van der Waals surface area contributed by atoms with Crippen molar-refractivity contribution in [2.75, 3.05) is 18.5 Å². The number of nitrogens with zero attached hydrogens (tertiary/aromatic N) is 1. The molecule has 4 nitrogen and oxygen atoms in total. The summed E-state index contributed by atoms with van der Waals surface area (Å²) >= 11 is 0. The van der Waals surface area contributed by atoms with Crippen molar-refractivity contribution in [2.24, 2.45) is 17.1 Å². The molecule has 0 aliphatic heterocycles. The average Bonchev–Trinajstić information content (AvgIpc) is 2.33. The van der Waals surface area contributed by atoms with E-state index >= 15 is 0 Å². The molecule has 1 aromatic carbocycles. The zero-order chi connectivity index (χ0) is 14.6. The quantitative estimate of drug-likeness (QED) is 0.877. The Kier molecular flexibility index (Phi) is 4.95. The minimum absolute atomic E-state index is 0.0111. The van der Waals surface area contributed by atoms with Crippen LogP contribution in [0.25, 0.3) is 0 Å². The first-order chi connectivity index (χ1) is 8.74. The maximum atomic E-state index is 12.4. The Hall–Kier alpha value is -1.55. The van der Waals surface area contributed by atoms with Crippen molar-refractivity contribution in [1.29, 1.82) is 0 Å². The highest BCUT2D eigenvalue weighted by Crippen LogP contribution is 2.27. The molecule has 0 aromatic heterocycles. The van der Waals surface area contributed by atoms with Crippen LogP contribution in [-0.4, -0.2) is 24.6 Å². The summed E-state index contributed by atoms with van der Waals surface area (Å²) in [5.41, 5.74) is 6.46. The van der Waals surface area contributed by atoms with Crippen LogP contribution in [-0.2, 0) is 4.79 Å². The summed E-state index contributed by atoms with van der Waals surface area (Å²) in [6.45, 7) is 6.62. The highest BCUT2D eigenvalue weighted by molar-refractivity contribution is 5.94. The Morgan fingerprint density at radius 1 is 1.42 bits per heavy atom. The highest BCUT2D eigenvalue weighted by Gasteiger charge is 2.26. The van der Waals surface area contributed by atoms with Crippen molar-refractivity contribution in [3.8, 4) is 5.75 Å². The lowest BCUT2D eigenvalue weighted by Crippen LogP contribution is -2.38. The minimum atomic E-state index is -0.202. The number of carbonyl (C=O) groups is 1. The molecule has 19 heavy (non-hydrogen) atoms. The van der Waals surface area contributed by atoms with Crippen LogP contribution in [0.3, 0.4) is 0 Å². The summed E-state index contributed by atoms with van der Waals surface area (Å²) in [5.74, 6) is -0.0624. The van der Waals surface area contributed by atoms with Crippen molar-refractivity contribution < 1.29 is 9.90 Å². The number of nitrogens with two attached hydrogens (primary N) is 1. The number of benzene rings is 1. The Labute approximate surface area is 115 Å². The van der Waals surface area contributed by atoms with Gasteiger partial charge in [-0.1, -0.05) is 26.8 Å². The molecular formula is C15H24N2O2. The summed E-state index contributed by atoms with van der Waals surface area (Å²) in [7, 11) is 1.71. The summed E-state index contributed by atoms with van der Waals surface area (Å²) in [4.78, 5) is 14.0. The van der Waals surface area contributed by atoms with Gasteiger partial charge < -0.3 is 15.7 Å². The van der Waals surface area contributed by atoms with Crippen LogP contribution >= 0.6 is 0 Å². The zero-order valence-corrected chi connectivity index (χ0v) is 12.2. The van der Waals surface area contributed by atoms with Crippen LogP contribution in [0.5, 0.6) is 5.75 Å². The van der Waals surface area contributed by atoms with Gasteiger partial charge in [0.1, 0.15) is 5.75 Å². The molecule has 1 atom stereocenters. The predicted octanol–water partition coefficient (Wildman–Crippen LogP) is 2.37. The molecule has 1 amide bonds. The third kappa shape index (κ3) is 4.56.